The van der Waals surface area contributed by atoms with E-state index in [2.05, 4.69) is 17.4 Å². The molecule has 1 aliphatic heterocycles. The van der Waals surface area contributed by atoms with E-state index in [9.17, 15) is 4.79 Å². The van der Waals surface area contributed by atoms with Crippen molar-refractivity contribution in [2.75, 3.05) is 6.54 Å². The van der Waals surface area contributed by atoms with Crippen LogP contribution in [0, 0.1) is 0 Å². The summed E-state index contributed by atoms with van der Waals surface area (Å²) in [6.45, 7) is 1.12. The standard InChI is InChI=1S/C15H21N3O/c1-17-13-8-5-6-11(14(13)18(2)15(17)19)10-12-7-3-4-9-16-12/h5-6,8,12,16H,3-4,7,9-10H2,1-2H3. The van der Waals surface area contributed by atoms with Gasteiger partial charge in [0, 0.05) is 20.1 Å². The van der Waals surface area contributed by atoms with Crippen LogP contribution in [-0.4, -0.2) is 21.7 Å². The number of benzene rings is 1. The minimum atomic E-state index is 0.0547. The van der Waals surface area contributed by atoms with Crippen molar-refractivity contribution >= 4 is 11.0 Å². The fourth-order valence-corrected chi connectivity index (χ4v) is 3.19. The number of aryl methyl sites for hydroxylation is 2. The third kappa shape index (κ3) is 2.10. The van der Waals surface area contributed by atoms with Crippen LogP contribution in [0.4, 0.5) is 0 Å². The lowest BCUT2D eigenvalue weighted by molar-refractivity contribution is 0.400. The summed E-state index contributed by atoms with van der Waals surface area (Å²) in [6, 6.07) is 6.78. The molecule has 1 atom stereocenters. The molecule has 102 valence electrons. The van der Waals surface area contributed by atoms with Crippen LogP contribution in [0.1, 0.15) is 24.8 Å². The molecule has 0 radical (unpaired) electrons. The molecular weight excluding hydrogens is 238 g/mol. The van der Waals surface area contributed by atoms with Crippen molar-refractivity contribution in [2.45, 2.75) is 31.7 Å². The Hall–Kier alpha value is -1.55. The number of para-hydroxylation sites is 1. The van der Waals surface area contributed by atoms with E-state index >= 15 is 0 Å². The molecule has 0 aliphatic carbocycles. The number of hydrogen-bond acceptors (Lipinski definition) is 2. The summed E-state index contributed by atoms with van der Waals surface area (Å²) in [5, 5.41) is 3.58. The molecule has 2 aromatic rings. The molecule has 2 heterocycles. The van der Waals surface area contributed by atoms with Crippen molar-refractivity contribution in [3.05, 3.63) is 34.2 Å². The lowest BCUT2D eigenvalue weighted by atomic mass is 9.97. The van der Waals surface area contributed by atoms with E-state index in [1.54, 1.807) is 9.13 Å². The van der Waals surface area contributed by atoms with E-state index in [-0.39, 0.29) is 5.69 Å². The smallest absolute Gasteiger partial charge is 0.314 e. The third-order valence-electron chi connectivity index (χ3n) is 4.25. The lowest BCUT2D eigenvalue weighted by Crippen LogP contribution is -2.35. The lowest BCUT2D eigenvalue weighted by Gasteiger charge is -2.23. The summed E-state index contributed by atoms with van der Waals surface area (Å²) in [6.07, 6.45) is 4.83. The zero-order valence-corrected chi connectivity index (χ0v) is 11.6. The second-order valence-electron chi connectivity index (χ2n) is 5.54. The van der Waals surface area contributed by atoms with Gasteiger partial charge < -0.3 is 5.32 Å². The number of nitrogens with one attached hydrogen (secondary N) is 1. The molecule has 4 nitrogen and oxygen atoms in total. The van der Waals surface area contributed by atoms with Crippen LogP contribution in [0.25, 0.3) is 11.0 Å². The van der Waals surface area contributed by atoms with E-state index in [1.165, 1.54) is 24.8 Å². The first-order valence-corrected chi connectivity index (χ1v) is 7.05. The number of imidazole rings is 1. The first-order valence-electron chi connectivity index (χ1n) is 7.05. The number of fused-ring (bicyclic) bond motifs is 1. The maximum absolute atomic E-state index is 12.0. The Bertz CT molecular complexity index is 647. The molecule has 1 saturated heterocycles. The summed E-state index contributed by atoms with van der Waals surface area (Å²) < 4.78 is 3.50. The predicted octanol–water partition coefficient (Wildman–Crippen LogP) is 1.56. The highest BCUT2D eigenvalue weighted by molar-refractivity contribution is 5.79. The molecule has 19 heavy (non-hydrogen) atoms. The molecular formula is C15H21N3O. The van der Waals surface area contributed by atoms with E-state index in [1.807, 2.05) is 20.2 Å². The van der Waals surface area contributed by atoms with Crippen LogP contribution in [0.15, 0.2) is 23.0 Å². The van der Waals surface area contributed by atoms with Gasteiger partial charge in [-0.2, -0.15) is 0 Å². The second-order valence-corrected chi connectivity index (χ2v) is 5.54. The zero-order chi connectivity index (χ0) is 13.4. The maximum atomic E-state index is 12.0. The Labute approximate surface area is 113 Å². The van der Waals surface area contributed by atoms with E-state index in [0.717, 1.165) is 24.0 Å². The van der Waals surface area contributed by atoms with Crippen LogP contribution < -0.4 is 11.0 Å². The van der Waals surface area contributed by atoms with Gasteiger partial charge >= 0.3 is 5.69 Å². The summed E-state index contributed by atoms with van der Waals surface area (Å²) in [4.78, 5) is 12.0. The van der Waals surface area contributed by atoms with Crippen LogP contribution in [0.3, 0.4) is 0 Å². The minimum absolute atomic E-state index is 0.0547. The van der Waals surface area contributed by atoms with Gasteiger partial charge in [0.05, 0.1) is 11.0 Å². The van der Waals surface area contributed by atoms with Gasteiger partial charge in [-0.3, -0.25) is 9.13 Å². The van der Waals surface area contributed by atoms with Crippen LogP contribution >= 0.6 is 0 Å². The van der Waals surface area contributed by atoms with Crippen LogP contribution in [0.2, 0.25) is 0 Å². The molecule has 1 aliphatic rings. The molecule has 1 aromatic heterocycles. The normalized spacial score (nSPS) is 20.0. The molecule has 1 aromatic carbocycles. The molecule has 0 spiro atoms. The molecule has 0 amide bonds. The Balaban J connectivity index is 2.03. The fraction of sp³-hybridized carbons (Fsp3) is 0.533. The summed E-state index contributed by atoms with van der Waals surface area (Å²) in [7, 11) is 3.70. The van der Waals surface area contributed by atoms with Crippen molar-refractivity contribution < 1.29 is 0 Å². The van der Waals surface area contributed by atoms with Gasteiger partial charge in [0.1, 0.15) is 0 Å². The van der Waals surface area contributed by atoms with E-state index in [0.29, 0.717) is 6.04 Å². The molecule has 1 N–H and O–H groups in total. The molecule has 1 fully saturated rings. The number of rotatable bonds is 2. The Morgan fingerprint density at radius 3 is 2.84 bits per heavy atom. The zero-order valence-electron chi connectivity index (χ0n) is 11.6. The van der Waals surface area contributed by atoms with Crippen molar-refractivity contribution in [1.82, 2.24) is 14.5 Å². The summed E-state index contributed by atoms with van der Waals surface area (Å²) in [5.41, 5.74) is 3.44. The van der Waals surface area contributed by atoms with E-state index in [4.69, 9.17) is 0 Å². The average Bonchev–Trinajstić information content (AvgIpc) is 2.66. The number of aromatic nitrogens is 2. The highest BCUT2D eigenvalue weighted by Crippen LogP contribution is 2.20. The SMILES string of the molecule is Cn1c(=O)n(C)c2c(CC3CCCCN3)cccc21. The number of nitrogens with zero attached hydrogens (tertiary/aromatic N) is 2. The monoisotopic (exact) mass is 259 g/mol. The topological polar surface area (TPSA) is 39.0 Å². The second kappa shape index (κ2) is 4.85. The van der Waals surface area contributed by atoms with Gasteiger partial charge in [0.15, 0.2) is 0 Å². The first-order chi connectivity index (χ1) is 9.18. The third-order valence-corrected chi connectivity index (χ3v) is 4.25. The molecule has 4 heteroatoms. The highest BCUT2D eigenvalue weighted by atomic mass is 16.1. The number of piperidine rings is 1. The van der Waals surface area contributed by atoms with Gasteiger partial charge in [-0.25, -0.2) is 4.79 Å². The minimum Gasteiger partial charge on any atom is -0.314 e. The summed E-state index contributed by atoms with van der Waals surface area (Å²) in [5.74, 6) is 0. The predicted molar refractivity (Wildman–Crippen MR) is 77.5 cm³/mol. The maximum Gasteiger partial charge on any atom is 0.328 e. The van der Waals surface area contributed by atoms with Crippen molar-refractivity contribution in [3.8, 4) is 0 Å². The quantitative estimate of drug-likeness (QED) is 0.889. The van der Waals surface area contributed by atoms with Gasteiger partial charge in [-0.1, -0.05) is 18.6 Å². The molecule has 3 rings (SSSR count). The number of hydrogen-bond donors (Lipinski definition) is 1. The molecule has 1 unspecified atom stereocenters. The molecule has 0 saturated carbocycles. The fourth-order valence-electron chi connectivity index (χ4n) is 3.19. The van der Waals surface area contributed by atoms with Gasteiger partial charge in [-0.15, -0.1) is 0 Å². The van der Waals surface area contributed by atoms with Gasteiger partial charge in [0.2, 0.25) is 0 Å². The first kappa shape index (κ1) is 12.5. The van der Waals surface area contributed by atoms with E-state index < -0.39 is 0 Å². The highest BCUT2D eigenvalue weighted by Gasteiger charge is 2.17. The molecule has 0 bridgehead atoms. The van der Waals surface area contributed by atoms with Gasteiger partial charge in [0.25, 0.3) is 0 Å². The summed E-state index contributed by atoms with van der Waals surface area (Å²) >= 11 is 0. The average molecular weight is 259 g/mol. The van der Waals surface area contributed by atoms with Crippen molar-refractivity contribution in [1.29, 1.82) is 0 Å². The largest absolute Gasteiger partial charge is 0.328 e. The Morgan fingerprint density at radius 2 is 2.11 bits per heavy atom. The van der Waals surface area contributed by atoms with Crippen LogP contribution in [-0.2, 0) is 20.5 Å². The van der Waals surface area contributed by atoms with Crippen molar-refractivity contribution in [3.63, 3.8) is 0 Å². The van der Waals surface area contributed by atoms with Crippen LogP contribution in [0.5, 0.6) is 0 Å². The Morgan fingerprint density at radius 1 is 1.26 bits per heavy atom. The van der Waals surface area contributed by atoms with Crippen molar-refractivity contribution in [2.24, 2.45) is 14.1 Å². The Kier molecular flexibility index (Phi) is 3.19. The van der Waals surface area contributed by atoms with Gasteiger partial charge in [-0.05, 0) is 37.4 Å².